The quantitative estimate of drug-likeness (QED) is 0.461. The van der Waals surface area contributed by atoms with Gasteiger partial charge in [-0.3, -0.25) is 9.59 Å². The van der Waals surface area contributed by atoms with E-state index in [9.17, 15) is 14.4 Å². The minimum absolute atomic E-state index is 0.303. The van der Waals surface area contributed by atoms with Crippen LogP contribution < -0.4 is 0 Å². The van der Waals surface area contributed by atoms with Gasteiger partial charge in [0.1, 0.15) is 0 Å². The molecule has 0 fully saturated rings. The average molecular weight is 249 g/mol. The molecule has 1 aromatic heterocycles. The summed E-state index contributed by atoms with van der Waals surface area (Å²) in [5.41, 5.74) is 1.51. The number of Topliss-reactive ketones (excluding diaryl/α,β-unsaturated/α-hetero) is 2. The number of ether oxygens (including phenoxy) is 1. The van der Waals surface area contributed by atoms with E-state index in [-0.39, 0.29) is 0 Å². The Balaban J connectivity index is 2.54. The first kappa shape index (κ1) is 12.5. The SMILES string of the molecule is COC(=O)c1cc(C(=O)C(C)=O)n2c1CCCC2. The highest BCUT2D eigenvalue weighted by Crippen LogP contribution is 2.24. The van der Waals surface area contributed by atoms with Crippen LogP contribution in [0.4, 0.5) is 0 Å². The Hall–Kier alpha value is -1.91. The Labute approximate surface area is 105 Å². The first-order valence-electron chi connectivity index (χ1n) is 5.92. The van der Waals surface area contributed by atoms with Gasteiger partial charge in [0.15, 0.2) is 0 Å². The fraction of sp³-hybridized carbons (Fsp3) is 0.462. The summed E-state index contributed by atoms with van der Waals surface area (Å²) in [6.45, 7) is 1.91. The zero-order valence-electron chi connectivity index (χ0n) is 10.5. The number of fused-ring (bicyclic) bond motifs is 1. The van der Waals surface area contributed by atoms with Crippen LogP contribution in [0.2, 0.25) is 0 Å². The summed E-state index contributed by atoms with van der Waals surface area (Å²) in [4.78, 5) is 34.7. The smallest absolute Gasteiger partial charge is 0.339 e. The second-order valence-electron chi connectivity index (χ2n) is 4.38. The lowest BCUT2D eigenvalue weighted by Gasteiger charge is -2.17. The monoisotopic (exact) mass is 249 g/mol. The van der Waals surface area contributed by atoms with Crippen LogP contribution in [0.3, 0.4) is 0 Å². The highest BCUT2D eigenvalue weighted by molar-refractivity contribution is 6.42. The van der Waals surface area contributed by atoms with Crippen LogP contribution in [0.5, 0.6) is 0 Å². The number of methoxy groups -OCH3 is 1. The minimum Gasteiger partial charge on any atom is -0.465 e. The largest absolute Gasteiger partial charge is 0.465 e. The highest BCUT2D eigenvalue weighted by atomic mass is 16.5. The van der Waals surface area contributed by atoms with Crippen molar-refractivity contribution in [2.24, 2.45) is 0 Å². The lowest BCUT2D eigenvalue weighted by Crippen LogP contribution is -2.19. The molecule has 0 aliphatic carbocycles. The molecule has 5 heteroatoms. The molecule has 2 rings (SSSR count). The van der Waals surface area contributed by atoms with E-state index in [0.717, 1.165) is 25.0 Å². The third kappa shape index (κ3) is 1.96. The van der Waals surface area contributed by atoms with Crippen LogP contribution in [-0.2, 0) is 22.5 Å². The molecular weight excluding hydrogens is 234 g/mol. The van der Waals surface area contributed by atoms with Gasteiger partial charge in [0.05, 0.1) is 18.4 Å². The van der Waals surface area contributed by atoms with Crippen molar-refractivity contribution in [3.05, 3.63) is 23.0 Å². The Morgan fingerprint density at radius 3 is 2.61 bits per heavy atom. The molecule has 1 aromatic rings. The van der Waals surface area contributed by atoms with Gasteiger partial charge >= 0.3 is 5.97 Å². The van der Waals surface area contributed by atoms with E-state index in [1.54, 1.807) is 4.57 Å². The molecule has 5 nitrogen and oxygen atoms in total. The zero-order valence-corrected chi connectivity index (χ0v) is 10.5. The van der Waals surface area contributed by atoms with Crippen LogP contribution in [0.15, 0.2) is 6.07 Å². The third-order valence-corrected chi connectivity index (χ3v) is 3.21. The number of carbonyl (C=O) groups excluding carboxylic acids is 3. The van der Waals surface area contributed by atoms with Crippen LogP contribution in [0.25, 0.3) is 0 Å². The van der Waals surface area contributed by atoms with Crippen molar-refractivity contribution in [2.75, 3.05) is 7.11 Å². The van der Waals surface area contributed by atoms with Crippen molar-refractivity contribution in [3.63, 3.8) is 0 Å². The molecule has 0 radical (unpaired) electrons. The van der Waals surface area contributed by atoms with Gasteiger partial charge in [-0.05, 0) is 25.3 Å². The van der Waals surface area contributed by atoms with E-state index in [0.29, 0.717) is 17.8 Å². The molecule has 1 aliphatic rings. The summed E-state index contributed by atoms with van der Waals surface area (Å²) >= 11 is 0. The van der Waals surface area contributed by atoms with Gasteiger partial charge in [-0.2, -0.15) is 0 Å². The number of esters is 1. The van der Waals surface area contributed by atoms with Crippen LogP contribution in [0, 0.1) is 0 Å². The van der Waals surface area contributed by atoms with Crippen molar-refractivity contribution in [1.29, 1.82) is 0 Å². The van der Waals surface area contributed by atoms with Crippen molar-refractivity contribution in [1.82, 2.24) is 4.57 Å². The van der Waals surface area contributed by atoms with Crippen molar-refractivity contribution < 1.29 is 19.1 Å². The van der Waals surface area contributed by atoms with E-state index >= 15 is 0 Å². The van der Waals surface area contributed by atoms with Crippen LogP contribution in [0.1, 0.15) is 46.3 Å². The topological polar surface area (TPSA) is 65.4 Å². The minimum atomic E-state index is -0.548. The lowest BCUT2D eigenvalue weighted by atomic mass is 10.1. The van der Waals surface area contributed by atoms with Gasteiger partial charge in [-0.1, -0.05) is 0 Å². The van der Waals surface area contributed by atoms with E-state index in [2.05, 4.69) is 0 Å². The molecule has 2 heterocycles. The van der Waals surface area contributed by atoms with Gasteiger partial charge in [0.25, 0.3) is 0 Å². The summed E-state index contributed by atoms with van der Waals surface area (Å²) in [5, 5.41) is 0. The number of hydrogen-bond donors (Lipinski definition) is 0. The molecule has 18 heavy (non-hydrogen) atoms. The second-order valence-corrected chi connectivity index (χ2v) is 4.38. The van der Waals surface area contributed by atoms with Gasteiger partial charge in [-0.15, -0.1) is 0 Å². The zero-order chi connectivity index (χ0) is 13.3. The van der Waals surface area contributed by atoms with E-state index in [4.69, 9.17) is 4.74 Å². The first-order chi connectivity index (χ1) is 8.56. The second kappa shape index (κ2) is 4.76. The van der Waals surface area contributed by atoms with E-state index < -0.39 is 17.5 Å². The number of carbonyl (C=O) groups is 3. The molecule has 0 spiro atoms. The Morgan fingerprint density at radius 1 is 1.28 bits per heavy atom. The maximum absolute atomic E-state index is 11.8. The molecule has 0 N–H and O–H groups in total. The van der Waals surface area contributed by atoms with E-state index in [1.807, 2.05) is 0 Å². The number of hydrogen-bond acceptors (Lipinski definition) is 4. The molecule has 0 atom stereocenters. The van der Waals surface area contributed by atoms with Crippen LogP contribution in [-0.4, -0.2) is 29.2 Å². The summed E-state index contributed by atoms with van der Waals surface area (Å²) in [5.74, 6) is -1.52. The summed E-state index contributed by atoms with van der Waals surface area (Å²) in [6.07, 6.45) is 2.65. The Morgan fingerprint density at radius 2 is 2.00 bits per heavy atom. The fourth-order valence-corrected chi connectivity index (χ4v) is 2.33. The van der Waals surface area contributed by atoms with Gasteiger partial charge < -0.3 is 9.30 Å². The number of aromatic nitrogens is 1. The average Bonchev–Trinajstić information content (AvgIpc) is 2.76. The molecule has 96 valence electrons. The maximum atomic E-state index is 11.8. The molecule has 0 aromatic carbocycles. The van der Waals surface area contributed by atoms with Crippen molar-refractivity contribution >= 4 is 17.5 Å². The molecule has 1 aliphatic heterocycles. The van der Waals surface area contributed by atoms with Crippen molar-refractivity contribution in [3.8, 4) is 0 Å². The predicted molar refractivity (Wildman–Crippen MR) is 63.7 cm³/mol. The molecule has 0 saturated heterocycles. The molecular formula is C13H15NO4. The Bertz CT molecular complexity index is 527. The number of ketones is 2. The van der Waals surface area contributed by atoms with E-state index in [1.165, 1.54) is 20.1 Å². The summed E-state index contributed by atoms with van der Waals surface area (Å²) in [7, 11) is 1.31. The fourth-order valence-electron chi connectivity index (χ4n) is 2.33. The number of rotatable bonds is 3. The molecule has 0 amide bonds. The van der Waals surface area contributed by atoms with Gasteiger partial charge in [0.2, 0.25) is 11.6 Å². The third-order valence-electron chi connectivity index (χ3n) is 3.21. The highest BCUT2D eigenvalue weighted by Gasteiger charge is 2.27. The van der Waals surface area contributed by atoms with Crippen LogP contribution >= 0.6 is 0 Å². The first-order valence-corrected chi connectivity index (χ1v) is 5.92. The molecule has 0 saturated carbocycles. The lowest BCUT2D eigenvalue weighted by molar-refractivity contribution is -0.113. The van der Waals surface area contributed by atoms with Gasteiger partial charge in [0, 0.05) is 19.2 Å². The van der Waals surface area contributed by atoms with Crippen molar-refractivity contribution in [2.45, 2.75) is 32.7 Å². The molecule has 0 unspecified atom stereocenters. The molecule has 0 bridgehead atoms. The summed E-state index contributed by atoms with van der Waals surface area (Å²) < 4.78 is 6.48. The standard InChI is InChI=1S/C13H15NO4/c1-8(15)12(16)11-7-9(13(17)18-2)10-5-3-4-6-14(10)11/h7H,3-6H2,1-2H3. The predicted octanol–water partition coefficient (Wildman–Crippen LogP) is 1.38. The maximum Gasteiger partial charge on any atom is 0.339 e. The number of nitrogens with zero attached hydrogens (tertiary/aromatic N) is 1. The van der Waals surface area contributed by atoms with Gasteiger partial charge in [-0.25, -0.2) is 4.79 Å². The Kier molecular flexibility index (Phi) is 3.32. The normalized spacial score (nSPS) is 13.9. The summed E-state index contributed by atoms with van der Waals surface area (Å²) in [6, 6.07) is 1.48.